The van der Waals surface area contributed by atoms with Crippen molar-refractivity contribution in [1.82, 2.24) is 9.13 Å². The zero-order valence-corrected chi connectivity index (χ0v) is 42.3. The predicted octanol–water partition coefficient (Wildman–Crippen LogP) is 16.0. The van der Waals surface area contributed by atoms with Gasteiger partial charge in [-0.1, -0.05) is 140 Å². The fourth-order valence-corrected chi connectivity index (χ4v) is 15.0. The lowest BCUT2D eigenvalue weighted by Gasteiger charge is -2.50. The number of allylic oxidation sites excluding steroid dienone is 7. The second-order valence-electron chi connectivity index (χ2n) is 21.9. The van der Waals surface area contributed by atoms with Gasteiger partial charge in [-0.05, 0) is 124 Å². The summed E-state index contributed by atoms with van der Waals surface area (Å²) in [4.78, 5) is 5.52. The molecule has 0 saturated carbocycles. The largest absolute Gasteiger partial charge is 0.479 e. The Labute approximate surface area is 427 Å². The highest BCUT2D eigenvalue weighted by molar-refractivity contribution is 5.98. The summed E-state index contributed by atoms with van der Waals surface area (Å²) in [6.07, 6.45) is 31.6. The van der Waals surface area contributed by atoms with E-state index in [9.17, 15) is 0 Å². The van der Waals surface area contributed by atoms with Crippen LogP contribution in [0.5, 0.6) is 5.75 Å². The number of hydrogen-bond acceptors (Lipinski definition) is 4. The first-order valence-corrected chi connectivity index (χ1v) is 26.8. The van der Waals surface area contributed by atoms with Crippen LogP contribution in [0.25, 0.3) is 56.3 Å². The molecule has 15 rings (SSSR count). The quantitative estimate of drug-likeness (QED) is 0.156. The fourth-order valence-electron chi connectivity index (χ4n) is 15.0. The van der Waals surface area contributed by atoms with Crippen LogP contribution in [0.1, 0.15) is 115 Å². The second-order valence-corrected chi connectivity index (χ2v) is 21.9. The Hall–Kier alpha value is -7.70. The van der Waals surface area contributed by atoms with Gasteiger partial charge in [0.1, 0.15) is 11.9 Å². The number of aromatic nitrogens is 2. The molecule has 8 aromatic rings. The molecular weight excluding hydrogens is 893 g/mol. The molecule has 6 nitrogen and oxygen atoms in total. The van der Waals surface area contributed by atoms with Crippen LogP contribution in [0.4, 0.5) is 11.4 Å². The Bertz CT molecular complexity index is 3880. The summed E-state index contributed by atoms with van der Waals surface area (Å²) < 4.78 is 20.4. The summed E-state index contributed by atoms with van der Waals surface area (Å²) in [6.45, 7) is 11.5. The second kappa shape index (κ2) is 15.9. The molecule has 0 radical (unpaired) electrons. The third kappa shape index (κ3) is 5.92. The van der Waals surface area contributed by atoms with E-state index in [2.05, 4.69) is 236 Å². The molecule has 0 fully saturated rings. The zero-order valence-electron chi connectivity index (χ0n) is 42.3. The van der Waals surface area contributed by atoms with Crippen molar-refractivity contribution in [3.8, 4) is 5.75 Å². The average Bonchev–Trinajstić information content (AvgIpc) is 4.28. The van der Waals surface area contributed by atoms with E-state index in [0.717, 1.165) is 54.2 Å². The molecule has 8 atom stereocenters. The molecule has 6 heteroatoms. The summed E-state index contributed by atoms with van der Waals surface area (Å²) in [5.41, 5.74) is 18.4. The summed E-state index contributed by atoms with van der Waals surface area (Å²) in [7, 11) is 0. The minimum atomic E-state index is -0.287. The molecule has 6 heterocycles. The average molecular weight is 953 g/mol. The molecule has 360 valence electrons. The first kappa shape index (κ1) is 42.9. The van der Waals surface area contributed by atoms with Crippen molar-refractivity contribution in [3.63, 3.8) is 0 Å². The minimum absolute atomic E-state index is 0.0380. The maximum Gasteiger partial charge on any atom is 0.176 e. The predicted molar refractivity (Wildman–Crippen MR) is 302 cm³/mol. The Morgan fingerprint density at radius 1 is 0.726 bits per heavy atom. The van der Waals surface area contributed by atoms with Crippen LogP contribution in [-0.2, 0) is 12.8 Å². The van der Waals surface area contributed by atoms with Gasteiger partial charge in [-0.25, -0.2) is 0 Å². The first-order valence-electron chi connectivity index (χ1n) is 26.8. The Balaban J connectivity index is 0.952. The lowest BCUT2D eigenvalue weighted by Crippen LogP contribution is -2.56. The van der Waals surface area contributed by atoms with E-state index in [-0.39, 0.29) is 41.6 Å². The van der Waals surface area contributed by atoms with Crippen molar-refractivity contribution in [2.45, 2.75) is 108 Å². The SMILES string of the molecule is C/C=C\c1c(C)c2ccccc2n1C1=CC2c3ccc4c5c(oc4c3OC2C(n2c3c(c4ccccc42)CCC=C3)=C1)C(N1c2ccccc2C2C=CC=CC21)CC(C)(N1c2ccccc2C(C)C1/C=C\C)C5. The van der Waals surface area contributed by atoms with Gasteiger partial charge in [0.2, 0.25) is 0 Å². The van der Waals surface area contributed by atoms with Crippen molar-refractivity contribution in [1.29, 1.82) is 0 Å². The van der Waals surface area contributed by atoms with E-state index in [0.29, 0.717) is 5.92 Å². The normalized spacial score (nSPS) is 26.3. The summed E-state index contributed by atoms with van der Waals surface area (Å²) in [5.74, 6) is 2.51. The van der Waals surface area contributed by atoms with Crippen molar-refractivity contribution in [2.75, 3.05) is 9.80 Å². The number of furan rings is 1. The molecule has 0 N–H and O–H groups in total. The van der Waals surface area contributed by atoms with E-state index in [1.807, 2.05) is 0 Å². The van der Waals surface area contributed by atoms with Crippen molar-refractivity contribution >= 4 is 67.7 Å². The van der Waals surface area contributed by atoms with Gasteiger partial charge in [0.15, 0.2) is 11.3 Å². The number of benzene rings is 5. The number of nitrogens with zero attached hydrogens (tertiary/aromatic N) is 4. The number of rotatable bonds is 6. The van der Waals surface area contributed by atoms with Crippen LogP contribution < -0.4 is 14.5 Å². The van der Waals surface area contributed by atoms with Crippen LogP contribution in [0, 0.1) is 6.92 Å². The van der Waals surface area contributed by atoms with Crippen molar-refractivity contribution < 1.29 is 9.15 Å². The molecule has 4 aliphatic carbocycles. The molecule has 8 unspecified atom stereocenters. The van der Waals surface area contributed by atoms with Crippen LogP contribution in [-0.4, -0.2) is 32.9 Å². The number of aryl methyl sites for hydroxylation is 2. The number of hydrogen-bond donors (Lipinski definition) is 0. The molecule has 0 amide bonds. The van der Waals surface area contributed by atoms with Gasteiger partial charge in [-0.3, -0.25) is 0 Å². The smallest absolute Gasteiger partial charge is 0.176 e. The van der Waals surface area contributed by atoms with Gasteiger partial charge in [0, 0.05) is 73.1 Å². The zero-order chi connectivity index (χ0) is 48.9. The van der Waals surface area contributed by atoms with E-state index in [1.165, 1.54) is 83.3 Å². The lowest BCUT2D eigenvalue weighted by molar-refractivity contribution is 0.267. The highest BCUT2D eigenvalue weighted by Gasteiger charge is 2.53. The molecule has 5 aromatic carbocycles. The number of para-hydroxylation sites is 4. The topological polar surface area (TPSA) is 38.7 Å². The maximum atomic E-state index is 7.68. The molecule has 3 aliphatic heterocycles. The van der Waals surface area contributed by atoms with Crippen LogP contribution >= 0.6 is 0 Å². The lowest BCUT2D eigenvalue weighted by atomic mass is 9.75. The van der Waals surface area contributed by atoms with Gasteiger partial charge < -0.3 is 28.1 Å². The highest BCUT2D eigenvalue weighted by atomic mass is 16.5. The molecule has 73 heavy (non-hydrogen) atoms. The van der Waals surface area contributed by atoms with E-state index in [4.69, 9.17) is 9.15 Å². The summed E-state index contributed by atoms with van der Waals surface area (Å²) >= 11 is 0. The van der Waals surface area contributed by atoms with E-state index in [1.54, 1.807) is 0 Å². The Morgan fingerprint density at radius 3 is 2.32 bits per heavy atom. The number of fused-ring (bicyclic) bond motifs is 15. The van der Waals surface area contributed by atoms with Crippen LogP contribution in [0.2, 0.25) is 0 Å². The number of anilines is 2. The van der Waals surface area contributed by atoms with Gasteiger partial charge in [0.05, 0.1) is 40.8 Å². The standard InChI is InChI=1S/C67H60N4O2/c1-6-20-53-40(3)43-22-8-14-28-55(43)68(53)42-36-51-49-34-35-50-52-38-67(5,71-54(21-7-2)41(4)44-23-9-19-33-60(44)71)39-62(70-58-31-17-12-26-47(58)48-27-13-18-32-59(48)70)64(52)73-66(50)65(49)72-63(51)61(37-42)69-56-29-15-10-24-45(56)46-25-11-16-30-57(46)69/h6-10,12-24,26-37,41,47,51,54,58,62-63H,11,25,38-39H2,1-5H3/b20-6-,21-7-. The monoisotopic (exact) mass is 952 g/mol. The van der Waals surface area contributed by atoms with E-state index < -0.39 is 0 Å². The van der Waals surface area contributed by atoms with E-state index >= 15 is 0 Å². The maximum absolute atomic E-state index is 7.68. The van der Waals surface area contributed by atoms with Crippen molar-refractivity contribution in [3.05, 3.63) is 220 Å². The molecular formula is C67H60N4O2. The van der Waals surface area contributed by atoms with Gasteiger partial charge >= 0.3 is 0 Å². The molecule has 3 aromatic heterocycles. The third-order valence-corrected chi connectivity index (χ3v) is 18.0. The van der Waals surface area contributed by atoms with Gasteiger partial charge in [-0.2, -0.15) is 0 Å². The van der Waals surface area contributed by atoms with Gasteiger partial charge in [-0.15, -0.1) is 0 Å². The third-order valence-electron chi connectivity index (χ3n) is 18.0. The first-order chi connectivity index (χ1) is 35.8. The highest BCUT2D eigenvalue weighted by Crippen LogP contribution is 2.59. The minimum Gasteiger partial charge on any atom is -0.479 e. The van der Waals surface area contributed by atoms with Gasteiger partial charge in [0.25, 0.3) is 0 Å². The van der Waals surface area contributed by atoms with Crippen LogP contribution in [0.15, 0.2) is 174 Å². The molecule has 0 saturated heterocycles. The fraction of sp³-hybridized carbons (Fsp3) is 0.254. The number of ether oxygens (including phenoxy) is 1. The summed E-state index contributed by atoms with van der Waals surface area (Å²) in [5, 5.41) is 3.75. The summed E-state index contributed by atoms with van der Waals surface area (Å²) in [6, 6.07) is 41.3. The Kier molecular flexibility index (Phi) is 9.35. The molecule has 0 spiro atoms. The Morgan fingerprint density at radius 2 is 1.48 bits per heavy atom. The molecule has 7 aliphatic rings. The molecule has 0 bridgehead atoms. The van der Waals surface area contributed by atoms with Crippen molar-refractivity contribution in [2.24, 2.45) is 0 Å². The van der Waals surface area contributed by atoms with Crippen LogP contribution in [0.3, 0.4) is 0 Å².